The quantitative estimate of drug-likeness (QED) is 0.661. The maximum absolute atomic E-state index is 11.6. The fourth-order valence-corrected chi connectivity index (χ4v) is 2.32. The molecule has 1 aromatic rings. The first kappa shape index (κ1) is 10.8. The predicted octanol–water partition coefficient (Wildman–Crippen LogP) is 0.334. The summed E-state index contributed by atoms with van der Waals surface area (Å²) in [6.07, 6.45) is -0.583. The van der Waals surface area contributed by atoms with Crippen molar-refractivity contribution < 1.29 is 19.1 Å². The van der Waals surface area contributed by atoms with E-state index >= 15 is 0 Å². The molecule has 1 amide bonds. The summed E-state index contributed by atoms with van der Waals surface area (Å²) in [6, 6.07) is -0.785. The maximum Gasteiger partial charge on any atom is 0.410 e. The van der Waals surface area contributed by atoms with Gasteiger partial charge in [0.25, 0.3) is 0 Å². The lowest BCUT2D eigenvalue weighted by atomic mass is 10.2. The fraction of sp³-hybridized carbons (Fsp3) is 0.500. The van der Waals surface area contributed by atoms with E-state index in [0.29, 0.717) is 10.6 Å². The van der Waals surface area contributed by atoms with Crippen LogP contribution >= 0.6 is 11.5 Å². The minimum atomic E-state index is -0.785. The van der Waals surface area contributed by atoms with Gasteiger partial charge in [0, 0.05) is 0 Å². The summed E-state index contributed by atoms with van der Waals surface area (Å²) in [5.41, 5.74) is 0.616. The molecule has 0 radical (unpaired) electrons. The van der Waals surface area contributed by atoms with E-state index in [2.05, 4.69) is 19.1 Å². The standard InChI is InChI=1S/C8H9N3O4S/c1-14-7(12)5-6-4(9-10-16-6)3-11(5)8(13)15-2/h5H,3H2,1-2H3/t5-/m1/s1. The molecule has 86 valence electrons. The first-order valence-corrected chi connectivity index (χ1v) is 5.20. The molecule has 0 aromatic carbocycles. The van der Waals surface area contributed by atoms with Gasteiger partial charge in [-0.2, -0.15) is 0 Å². The van der Waals surface area contributed by atoms with Crippen LogP contribution in [0.1, 0.15) is 16.6 Å². The lowest BCUT2D eigenvalue weighted by Crippen LogP contribution is -2.34. The van der Waals surface area contributed by atoms with E-state index in [1.54, 1.807) is 0 Å². The Kier molecular flexibility index (Phi) is 2.73. The van der Waals surface area contributed by atoms with Gasteiger partial charge in [-0.25, -0.2) is 9.59 Å². The van der Waals surface area contributed by atoms with E-state index in [9.17, 15) is 9.59 Å². The lowest BCUT2D eigenvalue weighted by Gasteiger charge is -2.20. The molecule has 2 heterocycles. The van der Waals surface area contributed by atoms with Gasteiger partial charge in [-0.15, -0.1) is 5.10 Å². The van der Waals surface area contributed by atoms with E-state index in [4.69, 9.17) is 0 Å². The Morgan fingerprint density at radius 2 is 2.19 bits per heavy atom. The average molecular weight is 243 g/mol. The van der Waals surface area contributed by atoms with Gasteiger partial charge < -0.3 is 9.47 Å². The molecule has 8 heteroatoms. The topological polar surface area (TPSA) is 81.6 Å². The predicted molar refractivity (Wildman–Crippen MR) is 52.6 cm³/mol. The van der Waals surface area contributed by atoms with Crippen LogP contribution in [-0.2, 0) is 20.8 Å². The van der Waals surface area contributed by atoms with Gasteiger partial charge in [0.15, 0.2) is 6.04 Å². The highest BCUT2D eigenvalue weighted by atomic mass is 32.1. The number of carbonyl (C=O) groups excluding carboxylic acids is 2. The number of esters is 1. The van der Waals surface area contributed by atoms with Crippen molar-refractivity contribution >= 4 is 23.6 Å². The van der Waals surface area contributed by atoms with E-state index in [1.165, 1.54) is 19.1 Å². The first-order valence-electron chi connectivity index (χ1n) is 4.42. The van der Waals surface area contributed by atoms with Crippen molar-refractivity contribution in [1.29, 1.82) is 0 Å². The maximum atomic E-state index is 11.6. The zero-order valence-electron chi connectivity index (χ0n) is 8.67. The van der Waals surface area contributed by atoms with Crippen molar-refractivity contribution in [2.24, 2.45) is 0 Å². The van der Waals surface area contributed by atoms with Gasteiger partial charge in [0.05, 0.1) is 25.6 Å². The van der Waals surface area contributed by atoms with E-state index in [-0.39, 0.29) is 6.54 Å². The zero-order chi connectivity index (χ0) is 11.7. The Morgan fingerprint density at radius 1 is 1.44 bits per heavy atom. The van der Waals surface area contributed by atoms with Crippen molar-refractivity contribution in [3.8, 4) is 0 Å². The van der Waals surface area contributed by atoms with Crippen LogP contribution in [0.3, 0.4) is 0 Å². The molecule has 1 aliphatic heterocycles. The van der Waals surface area contributed by atoms with Gasteiger partial charge in [-0.1, -0.05) is 4.49 Å². The third-order valence-corrected chi connectivity index (χ3v) is 3.12. The molecule has 0 saturated heterocycles. The van der Waals surface area contributed by atoms with E-state index in [1.807, 2.05) is 0 Å². The summed E-state index contributed by atoms with van der Waals surface area (Å²) in [6.45, 7) is 0.221. The number of hydrogen-bond acceptors (Lipinski definition) is 7. The summed E-state index contributed by atoms with van der Waals surface area (Å²) in [4.78, 5) is 25.0. The summed E-state index contributed by atoms with van der Waals surface area (Å²) in [5, 5.41) is 3.84. The molecule has 7 nitrogen and oxygen atoms in total. The van der Waals surface area contributed by atoms with Crippen LogP contribution in [0.4, 0.5) is 4.79 Å². The van der Waals surface area contributed by atoms with Crippen LogP contribution in [0.5, 0.6) is 0 Å². The van der Waals surface area contributed by atoms with Crippen LogP contribution < -0.4 is 0 Å². The second-order valence-corrected chi connectivity index (χ2v) is 3.89. The molecule has 16 heavy (non-hydrogen) atoms. The molecule has 0 saturated carbocycles. The number of fused-ring (bicyclic) bond motifs is 1. The summed E-state index contributed by atoms with van der Waals surface area (Å²) in [5.74, 6) is -0.518. The van der Waals surface area contributed by atoms with Crippen LogP contribution in [-0.4, -0.2) is 40.8 Å². The lowest BCUT2D eigenvalue weighted by molar-refractivity contribution is -0.146. The Balaban J connectivity index is 2.34. The van der Waals surface area contributed by atoms with Crippen LogP contribution in [0.25, 0.3) is 0 Å². The van der Waals surface area contributed by atoms with Crippen molar-refractivity contribution in [2.75, 3.05) is 14.2 Å². The number of ether oxygens (including phenoxy) is 2. The third-order valence-electron chi connectivity index (χ3n) is 2.30. The number of aromatic nitrogens is 2. The van der Waals surface area contributed by atoms with Crippen molar-refractivity contribution in [2.45, 2.75) is 12.6 Å². The average Bonchev–Trinajstić information content (AvgIpc) is 2.86. The van der Waals surface area contributed by atoms with Gasteiger partial charge >= 0.3 is 12.1 Å². The smallest absolute Gasteiger partial charge is 0.410 e. The number of hydrogen-bond donors (Lipinski definition) is 0. The largest absolute Gasteiger partial charge is 0.467 e. The summed E-state index contributed by atoms with van der Waals surface area (Å²) < 4.78 is 13.0. The van der Waals surface area contributed by atoms with E-state index in [0.717, 1.165) is 11.5 Å². The second-order valence-electron chi connectivity index (χ2n) is 3.11. The van der Waals surface area contributed by atoms with Crippen molar-refractivity contribution in [3.05, 3.63) is 10.6 Å². The van der Waals surface area contributed by atoms with Gasteiger partial charge in [-0.3, -0.25) is 4.90 Å². The Hall–Kier alpha value is -1.70. The fourth-order valence-electron chi connectivity index (χ4n) is 1.56. The van der Waals surface area contributed by atoms with Crippen LogP contribution in [0.15, 0.2) is 0 Å². The van der Waals surface area contributed by atoms with Crippen LogP contribution in [0, 0.1) is 0 Å². The summed E-state index contributed by atoms with van der Waals surface area (Å²) in [7, 11) is 2.53. The zero-order valence-corrected chi connectivity index (χ0v) is 9.48. The van der Waals surface area contributed by atoms with Crippen molar-refractivity contribution in [1.82, 2.24) is 14.5 Å². The Labute approximate surface area is 95.1 Å². The normalized spacial score (nSPS) is 18.1. The molecule has 1 aliphatic rings. The molecular weight excluding hydrogens is 234 g/mol. The van der Waals surface area contributed by atoms with E-state index < -0.39 is 18.1 Å². The number of rotatable bonds is 1. The summed E-state index contributed by atoms with van der Waals surface area (Å²) >= 11 is 1.08. The molecule has 0 aliphatic carbocycles. The van der Waals surface area contributed by atoms with Gasteiger partial charge in [-0.05, 0) is 11.5 Å². The van der Waals surface area contributed by atoms with Crippen LogP contribution in [0.2, 0.25) is 0 Å². The minimum absolute atomic E-state index is 0.221. The number of methoxy groups -OCH3 is 2. The first-order chi connectivity index (χ1) is 7.69. The molecule has 0 unspecified atom stereocenters. The number of amides is 1. The molecule has 1 atom stereocenters. The minimum Gasteiger partial charge on any atom is -0.467 e. The molecule has 1 aromatic heterocycles. The molecule has 2 rings (SSSR count). The SMILES string of the molecule is COC(=O)[C@H]1c2snnc2CN1C(=O)OC. The van der Waals surface area contributed by atoms with Gasteiger partial charge in [0.2, 0.25) is 0 Å². The number of carbonyl (C=O) groups is 2. The molecule has 0 spiro atoms. The highest BCUT2D eigenvalue weighted by molar-refractivity contribution is 7.05. The molecule has 0 bridgehead atoms. The highest BCUT2D eigenvalue weighted by Crippen LogP contribution is 2.35. The third kappa shape index (κ3) is 1.51. The van der Waals surface area contributed by atoms with Crippen molar-refractivity contribution in [3.63, 3.8) is 0 Å². The van der Waals surface area contributed by atoms with Gasteiger partial charge in [0.1, 0.15) is 5.69 Å². The molecule has 0 N–H and O–H groups in total. The highest BCUT2D eigenvalue weighted by Gasteiger charge is 2.42. The second kappa shape index (κ2) is 4.05. The monoisotopic (exact) mass is 243 g/mol. The molecular formula is C8H9N3O4S. The number of nitrogens with zero attached hydrogens (tertiary/aromatic N) is 3. The Bertz CT molecular complexity index is 433. The molecule has 0 fully saturated rings. The Morgan fingerprint density at radius 3 is 2.81 bits per heavy atom.